The summed E-state index contributed by atoms with van der Waals surface area (Å²) < 4.78 is 0. The minimum absolute atomic E-state index is 0.316. The van der Waals surface area contributed by atoms with Crippen LogP contribution in [-0.4, -0.2) is 17.0 Å². The fourth-order valence-electron chi connectivity index (χ4n) is 0.970. The van der Waals surface area contributed by atoms with Gasteiger partial charge in [0.15, 0.2) is 5.96 Å². The van der Waals surface area contributed by atoms with Crippen LogP contribution in [0.1, 0.15) is 24.5 Å². The highest BCUT2D eigenvalue weighted by Gasteiger charge is 1.98. The summed E-state index contributed by atoms with van der Waals surface area (Å²) in [4.78, 5) is 8.47. The Balaban J connectivity index is 2.46. The van der Waals surface area contributed by atoms with E-state index in [1.54, 1.807) is 11.3 Å². The van der Waals surface area contributed by atoms with Crippen molar-refractivity contribution in [3.63, 3.8) is 0 Å². The van der Waals surface area contributed by atoms with Crippen molar-refractivity contribution < 1.29 is 0 Å². The van der Waals surface area contributed by atoms with Gasteiger partial charge in [-0.3, -0.25) is 0 Å². The van der Waals surface area contributed by atoms with Gasteiger partial charge in [-0.2, -0.15) is 0 Å². The molecule has 0 saturated heterocycles. The normalized spacial score (nSPS) is 12.1. The van der Waals surface area contributed by atoms with Crippen molar-refractivity contribution in [2.75, 3.05) is 0 Å². The summed E-state index contributed by atoms with van der Waals surface area (Å²) in [6.45, 7) is 6.58. The number of guanidine groups is 1. The molecule has 0 aliphatic heterocycles. The van der Waals surface area contributed by atoms with E-state index < -0.39 is 0 Å². The molecule has 0 atom stereocenters. The van der Waals surface area contributed by atoms with Gasteiger partial charge in [-0.25, -0.2) is 9.98 Å². The quantitative estimate of drug-likeness (QED) is 0.586. The summed E-state index contributed by atoms with van der Waals surface area (Å²) in [5, 5.41) is 6.03. The molecule has 5 heteroatoms. The van der Waals surface area contributed by atoms with Gasteiger partial charge in [-0.15, -0.1) is 11.3 Å². The predicted octanol–water partition coefficient (Wildman–Crippen LogP) is 1.26. The third-order valence-corrected chi connectivity index (χ3v) is 2.44. The Morgan fingerprint density at radius 1 is 1.71 bits per heavy atom. The van der Waals surface area contributed by atoms with Gasteiger partial charge in [0.25, 0.3) is 0 Å². The van der Waals surface area contributed by atoms with Crippen molar-refractivity contribution in [2.45, 2.75) is 33.4 Å². The molecule has 14 heavy (non-hydrogen) atoms. The predicted molar refractivity (Wildman–Crippen MR) is 60.4 cm³/mol. The van der Waals surface area contributed by atoms with Gasteiger partial charge in [0.2, 0.25) is 0 Å². The lowest BCUT2D eigenvalue weighted by molar-refractivity contribution is 0.723. The minimum Gasteiger partial charge on any atom is -0.370 e. The van der Waals surface area contributed by atoms with Crippen LogP contribution in [0.2, 0.25) is 0 Å². The van der Waals surface area contributed by atoms with Crippen LogP contribution in [-0.2, 0) is 6.54 Å². The Morgan fingerprint density at radius 3 is 2.93 bits per heavy atom. The van der Waals surface area contributed by atoms with Crippen LogP contribution in [0.5, 0.6) is 0 Å². The summed E-state index contributed by atoms with van der Waals surface area (Å²) in [6, 6.07) is 0.316. The largest absolute Gasteiger partial charge is 0.370 e. The molecule has 0 aliphatic rings. The lowest BCUT2D eigenvalue weighted by Gasteiger charge is -2.07. The van der Waals surface area contributed by atoms with Crippen molar-refractivity contribution in [2.24, 2.45) is 10.7 Å². The molecule has 1 heterocycles. The van der Waals surface area contributed by atoms with Crippen molar-refractivity contribution in [3.05, 3.63) is 16.1 Å². The van der Waals surface area contributed by atoms with Crippen LogP contribution in [0.25, 0.3) is 0 Å². The van der Waals surface area contributed by atoms with Gasteiger partial charge in [0, 0.05) is 17.1 Å². The number of aryl methyl sites for hydroxylation is 1. The van der Waals surface area contributed by atoms with E-state index >= 15 is 0 Å². The van der Waals surface area contributed by atoms with E-state index in [4.69, 9.17) is 5.73 Å². The van der Waals surface area contributed by atoms with E-state index in [1.165, 1.54) is 0 Å². The molecule has 4 nitrogen and oxygen atoms in total. The van der Waals surface area contributed by atoms with Crippen LogP contribution >= 0.6 is 11.3 Å². The molecule has 0 unspecified atom stereocenters. The molecule has 1 aromatic heterocycles. The molecule has 0 fully saturated rings. The number of rotatable bonds is 3. The van der Waals surface area contributed by atoms with Crippen LogP contribution in [0.15, 0.2) is 10.4 Å². The number of thiazole rings is 1. The molecule has 0 aliphatic carbocycles. The van der Waals surface area contributed by atoms with Crippen molar-refractivity contribution in [1.29, 1.82) is 0 Å². The van der Waals surface area contributed by atoms with E-state index in [9.17, 15) is 0 Å². The van der Waals surface area contributed by atoms with Gasteiger partial charge < -0.3 is 11.1 Å². The Morgan fingerprint density at radius 2 is 2.43 bits per heavy atom. The van der Waals surface area contributed by atoms with Crippen LogP contribution < -0.4 is 11.1 Å². The SMILES string of the molecule is Cc1csc(CN=C(N)NC(C)C)n1. The monoisotopic (exact) mass is 212 g/mol. The summed E-state index contributed by atoms with van der Waals surface area (Å²) in [6.07, 6.45) is 0. The molecule has 0 bridgehead atoms. The lowest BCUT2D eigenvalue weighted by Crippen LogP contribution is -2.36. The second-order valence-electron chi connectivity index (χ2n) is 3.38. The highest BCUT2D eigenvalue weighted by molar-refractivity contribution is 7.09. The smallest absolute Gasteiger partial charge is 0.189 e. The number of hydrogen-bond acceptors (Lipinski definition) is 3. The summed E-state index contributed by atoms with van der Waals surface area (Å²) >= 11 is 1.61. The number of nitrogens with two attached hydrogens (primary N) is 1. The molecule has 0 amide bonds. The van der Waals surface area contributed by atoms with E-state index in [-0.39, 0.29) is 0 Å². The van der Waals surface area contributed by atoms with E-state index in [2.05, 4.69) is 15.3 Å². The molecule has 78 valence electrons. The molecule has 3 N–H and O–H groups in total. The maximum Gasteiger partial charge on any atom is 0.189 e. The maximum absolute atomic E-state index is 5.65. The Hall–Kier alpha value is -1.10. The number of aliphatic imine (C=N–C) groups is 1. The first-order valence-electron chi connectivity index (χ1n) is 4.55. The van der Waals surface area contributed by atoms with Crippen molar-refractivity contribution >= 4 is 17.3 Å². The first kappa shape index (κ1) is 11.0. The zero-order valence-corrected chi connectivity index (χ0v) is 9.56. The number of aromatic nitrogens is 1. The zero-order valence-electron chi connectivity index (χ0n) is 8.74. The maximum atomic E-state index is 5.65. The fourth-order valence-corrected chi connectivity index (χ4v) is 1.66. The second kappa shape index (κ2) is 4.95. The second-order valence-corrected chi connectivity index (χ2v) is 4.33. The Bertz CT molecular complexity index is 316. The Kier molecular flexibility index (Phi) is 3.88. The van der Waals surface area contributed by atoms with Gasteiger partial charge in [0.1, 0.15) is 5.01 Å². The average Bonchev–Trinajstić information content (AvgIpc) is 2.47. The lowest BCUT2D eigenvalue weighted by atomic mass is 10.4. The van der Waals surface area contributed by atoms with E-state index in [1.807, 2.05) is 26.2 Å². The zero-order chi connectivity index (χ0) is 10.6. The first-order chi connectivity index (χ1) is 6.58. The molecule has 0 aromatic carbocycles. The molecule has 1 aromatic rings. The van der Waals surface area contributed by atoms with Crippen molar-refractivity contribution in [1.82, 2.24) is 10.3 Å². The van der Waals surface area contributed by atoms with Crippen LogP contribution in [0.3, 0.4) is 0 Å². The van der Waals surface area contributed by atoms with Gasteiger partial charge in [0.05, 0.1) is 6.54 Å². The third kappa shape index (κ3) is 3.74. The van der Waals surface area contributed by atoms with E-state index in [0.717, 1.165) is 10.7 Å². The highest BCUT2D eigenvalue weighted by atomic mass is 32.1. The number of nitrogens with zero attached hydrogens (tertiary/aromatic N) is 2. The standard InChI is InChI=1S/C9H16N4S/c1-6(2)12-9(10)11-4-8-13-7(3)5-14-8/h5-6H,4H2,1-3H3,(H3,10,11,12). The van der Waals surface area contributed by atoms with Gasteiger partial charge in [-0.05, 0) is 20.8 Å². The summed E-state index contributed by atoms with van der Waals surface area (Å²) in [5.41, 5.74) is 6.68. The molecular weight excluding hydrogens is 196 g/mol. The van der Waals surface area contributed by atoms with Crippen LogP contribution in [0, 0.1) is 6.92 Å². The fraction of sp³-hybridized carbons (Fsp3) is 0.556. The first-order valence-corrected chi connectivity index (χ1v) is 5.43. The topological polar surface area (TPSA) is 63.3 Å². The Labute approximate surface area is 88.3 Å². The molecule has 0 spiro atoms. The number of hydrogen-bond donors (Lipinski definition) is 2. The molecule has 1 rings (SSSR count). The van der Waals surface area contributed by atoms with E-state index in [0.29, 0.717) is 18.5 Å². The molecule has 0 saturated carbocycles. The average molecular weight is 212 g/mol. The third-order valence-electron chi connectivity index (χ3n) is 1.49. The number of nitrogens with one attached hydrogen (secondary N) is 1. The minimum atomic E-state index is 0.316. The van der Waals surface area contributed by atoms with Crippen molar-refractivity contribution in [3.8, 4) is 0 Å². The van der Waals surface area contributed by atoms with Crippen LogP contribution in [0.4, 0.5) is 0 Å². The van der Waals surface area contributed by atoms with Gasteiger partial charge in [-0.1, -0.05) is 0 Å². The summed E-state index contributed by atoms with van der Waals surface area (Å²) in [5.74, 6) is 0.479. The highest BCUT2D eigenvalue weighted by Crippen LogP contribution is 2.09. The molecule has 0 radical (unpaired) electrons. The van der Waals surface area contributed by atoms with Gasteiger partial charge >= 0.3 is 0 Å². The summed E-state index contributed by atoms with van der Waals surface area (Å²) in [7, 11) is 0. The molecular formula is C9H16N4S.